The Labute approximate surface area is 140 Å². The molecule has 2 N–H and O–H groups in total. The van der Waals surface area contributed by atoms with Crippen molar-refractivity contribution in [2.75, 3.05) is 0 Å². The first-order chi connectivity index (χ1) is 8.61. The molecule has 0 bridgehead atoms. The Hall–Kier alpha value is -0.340. The minimum Gasteiger partial charge on any atom is -1.00 e. The van der Waals surface area contributed by atoms with Gasteiger partial charge in [0.1, 0.15) is 0 Å². The normalized spacial score (nSPS) is 12.3. The van der Waals surface area contributed by atoms with Crippen molar-refractivity contribution < 1.29 is 48.5 Å². The maximum Gasteiger partial charge on any atom is 1.00 e. The van der Waals surface area contributed by atoms with Crippen molar-refractivity contribution in [3.8, 4) is 0 Å². The Balaban J connectivity index is 0. The molecule has 0 saturated heterocycles. The van der Waals surface area contributed by atoms with Crippen molar-refractivity contribution in [3.05, 3.63) is 60.7 Å². The third-order valence-corrected chi connectivity index (χ3v) is 3.24. The molecule has 7 heteroatoms. The zero-order valence-electron chi connectivity index (χ0n) is 11.3. The van der Waals surface area contributed by atoms with Crippen LogP contribution >= 0.6 is 0 Å². The number of rotatable bonds is 2. The number of hydrogen-bond donors (Lipinski definition) is 2. The zero-order chi connectivity index (χ0) is 13.4. The predicted molar refractivity (Wildman–Crippen MR) is 72.1 cm³/mol. The van der Waals surface area contributed by atoms with Crippen LogP contribution in [0.3, 0.4) is 0 Å². The first kappa shape index (κ1) is 18.7. The molecule has 0 aromatic heterocycles. The molecule has 98 valence electrons. The van der Waals surface area contributed by atoms with Crippen LogP contribution in [0.5, 0.6) is 0 Å². The molecule has 4 nitrogen and oxygen atoms in total. The van der Waals surface area contributed by atoms with Crippen LogP contribution in [0.25, 0.3) is 0 Å². The summed E-state index contributed by atoms with van der Waals surface area (Å²) < 4.78 is 37.6. The molecule has 2 aromatic carbocycles. The summed E-state index contributed by atoms with van der Waals surface area (Å²) in [5.74, 6) is 0. The number of hydrogen-bond acceptors (Lipinski definition) is 2. The van der Waals surface area contributed by atoms with E-state index in [0.717, 1.165) is 0 Å². The Kier molecular flexibility index (Phi) is 10.3. The summed E-state index contributed by atoms with van der Waals surface area (Å²) in [5.41, 5.74) is 0. The van der Waals surface area contributed by atoms with Crippen molar-refractivity contribution in [2.24, 2.45) is 0 Å². The van der Waals surface area contributed by atoms with Gasteiger partial charge in [-0.1, -0.05) is 36.4 Å². The molecule has 0 aliphatic carbocycles. The summed E-state index contributed by atoms with van der Waals surface area (Å²) >= 11 is -3.66. The Morgan fingerprint density at radius 2 is 0.947 bits per heavy atom. The van der Waals surface area contributed by atoms with E-state index in [1.807, 2.05) is 0 Å². The molecule has 0 radical (unpaired) electrons. The molecule has 2 aromatic rings. The van der Waals surface area contributed by atoms with Crippen LogP contribution in [0.2, 0.25) is 0 Å². The molecule has 0 heterocycles. The third-order valence-electron chi connectivity index (χ3n) is 1.89. The van der Waals surface area contributed by atoms with Gasteiger partial charge in [-0.15, -0.1) is 0 Å². The summed E-state index contributed by atoms with van der Waals surface area (Å²) in [4.78, 5) is 0.884. The summed E-state index contributed by atoms with van der Waals surface area (Å²) in [5, 5.41) is 0. The molecule has 0 aliphatic heterocycles. The van der Waals surface area contributed by atoms with Crippen LogP contribution in [0.4, 0.5) is 0 Å². The predicted octanol–water partition coefficient (Wildman–Crippen LogP) is -0.349. The molecule has 0 aliphatic rings. The van der Waals surface area contributed by atoms with Gasteiger partial charge < -0.3 is 10.5 Å². The molecule has 0 fully saturated rings. The van der Waals surface area contributed by atoms with Crippen LogP contribution in [0.15, 0.2) is 70.5 Å². The average Bonchev–Trinajstić information content (AvgIpc) is 2.41. The summed E-state index contributed by atoms with van der Waals surface area (Å²) in [6.07, 6.45) is 0. The molecule has 19 heavy (non-hydrogen) atoms. The summed E-state index contributed by atoms with van der Waals surface area (Å²) in [7, 11) is 0. The Bertz CT molecular complexity index is 476. The van der Waals surface area contributed by atoms with Gasteiger partial charge in [0.05, 0.1) is 9.79 Å². The van der Waals surface area contributed by atoms with Crippen LogP contribution in [-0.4, -0.2) is 17.5 Å². The van der Waals surface area contributed by atoms with E-state index in [4.69, 9.17) is 9.11 Å². The Morgan fingerprint density at radius 1 is 0.684 bits per heavy atom. The van der Waals surface area contributed by atoms with Crippen LogP contribution < -0.4 is 29.6 Å². The molecule has 2 unspecified atom stereocenters. The first-order valence-corrected chi connectivity index (χ1v) is 7.14. The topological polar surface area (TPSA) is 74.6 Å². The van der Waals surface area contributed by atoms with E-state index in [1.54, 1.807) is 60.7 Å². The standard InChI is InChI=1S/2C6H6O2S.Na.H/c2*7-9(8)6-4-2-1-3-5-6;;/h2*1-5H,(H,7,8);;/q;;+1;-1. The summed E-state index contributed by atoms with van der Waals surface area (Å²) in [6, 6.07) is 16.9. The maximum absolute atomic E-state index is 10.3. The van der Waals surface area contributed by atoms with Crippen LogP contribution in [0.1, 0.15) is 1.43 Å². The first-order valence-electron chi connectivity index (χ1n) is 4.93. The van der Waals surface area contributed by atoms with Gasteiger partial charge in [-0.25, -0.2) is 8.42 Å². The zero-order valence-corrected chi connectivity index (χ0v) is 13.9. The van der Waals surface area contributed by atoms with Crippen molar-refractivity contribution in [1.29, 1.82) is 0 Å². The van der Waals surface area contributed by atoms with Crippen molar-refractivity contribution in [3.63, 3.8) is 0 Å². The van der Waals surface area contributed by atoms with Crippen LogP contribution in [0, 0.1) is 0 Å². The van der Waals surface area contributed by atoms with E-state index in [0.29, 0.717) is 9.79 Å². The fourth-order valence-corrected chi connectivity index (χ4v) is 1.85. The molecule has 0 amide bonds. The minimum atomic E-state index is -1.83. The van der Waals surface area contributed by atoms with Gasteiger partial charge in [0.15, 0.2) is 22.2 Å². The monoisotopic (exact) mass is 308 g/mol. The minimum absolute atomic E-state index is 0. The van der Waals surface area contributed by atoms with Gasteiger partial charge in [0.25, 0.3) is 0 Å². The Morgan fingerprint density at radius 3 is 1.11 bits per heavy atom. The van der Waals surface area contributed by atoms with Gasteiger partial charge in [-0.05, 0) is 24.3 Å². The van der Waals surface area contributed by atoms with E-state index in [9.17, 15) is 8.42 Å². The van der Waals surface area contributed by atoms with Gasteiger partial charge in [-0.3, -0.25) is 0 Å². The molecule has 2 rings (SSSR count). The second kappa shape index (κ2) is 10.4. The van der Waals surface area contributed by atoms with Crippen molar-refractivity contribution in [2.45, 2.75) is 9.79 Å². The SMILES string of the molecule is O=S(O)c1ccccc1.O=S(O)c1ccccc1.[H-].[Na+]. The fraction of sp³-hybridized carbons (Fsp3) is 0. The quantitative estimate of drug-likeness (QED) is 0.587. The average molecular weight is 308 g/mol. The van der Waals surface area contributed by atoms with Crippen LogP contribution in [-0.2, 0) is 22.2 Å². The van der Waals surface area contributed by atoms with E-state index in [-0.39, 0.29) is 31.0 Å². The fourth-order valence-electron chi connectivity index (χ4n) is 1.07. The summed E-state index contributed by atoms with van der Waals surface area (Å²) in [6.45, 7) is 0. The second-order valence-electron chi connectivity index (χ2n) is 3.12. The molecule has 0 spiro atoms. The second-order valence-corrected chi connectivity index (χ2v) is 5.06. The van der Waals surface area contributed by atoms with E-state index in [1.165, 1.54) is 0 Å². The van der Waals surface area contributed by atoms with Gasteiger partial charge in [-0.2, -0.15) is 0 Å². The van der Waals surface area contributed by atoms with Gasteiger partial charge in [0.2, 0.25) is 0 Å². The third kappa shape index (κ3) is 7.74. The maximum atomic E-state index is 10.3. The smallest absolute Gasteiger partial charge is 1.00 e. The number of benzene rings is 2. The van der Waals surface area contributed by atoms with E-state index in [2.05, 4.69) is 0 Å². The van der Waals surface area contributed by atoms with E-state index >= 15 is 0 Å². The van der Waals surface area contributed by atoms with E-state index < -0.39 is 22.2 Å². The molecular formula is C12H13NaO4S2. The molecule has 2 atom stereocenters. The van der Waals surface area contributed by atoms with Crippen molar-refractivity contribution in [1.82, 2.24) is 0 Å². The van der Waals surface area contributed by atoms with Crippen molar-refractivity contribution >= 4 is 22.2 Å². The molecule has 0 saturated carbocycles. The largest absolute Gasteiger partial charge is 1.00 e. The molecular weight excluding hydrogens is 295 g/mol. The van der Waals surface area contributed by atoms with Gasteiger partial charge >= 0.3 is 29.6 Å². The van der Waals surface area contributed by atoms with Gasteiger partial charge in [0, 0.05) is 0 Å².